The van der Waals surface area contributed by atoms with Crippen molar-refractivity contribution in [2.75, 3.05) is 7.11 Å². The lowest BCUT2D eigenvalue weighted by Crippen LogP contribution is -2.45. The smallest absolute Gasteiger partial charge is 0.328 e. The number of hydrogen-bond acceptors (Lipinski definition) is 5. The van der Waals surface area contributed by atoms with Gasteiger partial charge in [0.05, 0.1) is 16.5 Å². The fourth-order valence-electron chi connectivity index (χ4n) is 1.81. The fourth-order valence-corrected chi connectivity index (χ4v) is 2.21. The molecule has 1 amide bonds. The molecule has 0 radical (unpaired) electrons. The number of hydrogen-bond donors (Lipinski definition) is 1. The number of amides is 1. The largest absolute Gasteiger partial charge is 0.467 e. The Hall–Kier alpha value is -1.96. The minimum Gasteiger partial charge on any atom is -0.467 e. The quantitative estimate of drug-likeness (QED) is 0.470. The first-order valence-corrected chi connectivity index (χ1v) is 7.43. The Kier molecular flexibility index (Phi) is 6.48. The number of halogens is 1. The summed E-state index contributed by atoms with van der Waals surface area (Å²) in [4.78, 5) is 34.3. The maximum absolute atomic E-state index is 12.2. The maximum Gasteiger partial charge on any atom is 0.328 e. The zero-order valence-electron chi connectivity index (χ0n) is 12.5. The van der Waals surface area contributed by atoms with E-state index in [0.717, 1.165) is 6.07 Å². The Morgan fingerprint density at radius 2 is 2.09 bits per heavy atom. The molecule has 0 saturated carbocycles. The summed E-state index contributed by atoms with van der Waals surface area (Å²) in [5.41, 5.74) is -0.113. The van der Waals surface area contributed by atoms with Crippen LogP contribution in [-0.2, 0) is 9.53 Å². The van der Waals surface area contributed by atoms with Crippen LogP contribution in [0.3, 0.4) is 0 Å². The average molecular weight is 373 g/mol. The van der Waals surface area contributed by atoms with Gasteiger partial charge in [-0.05, 0) is 34.0 Å². The number of nitrogens with one attached hydrogen (secondary N) is 1. The minimum atomic E-state index is -0.801. The predicted octanol–water partition coefficient (Wildman–Crippen LogP) is 2.67. The molecule has 2 unspecified atom stereocenters. The van der Waals surface area contributed by atoms with E-state index in [9.17, 15) is 19.7 Å². The van der Waals surface area contributed by atoms with E-state index < -0.39 is 22.8 Å². The zero-order valence-corrected chi connectivity index (χ0v) is 14.0. The minimum absolute atomic E-state index is 0.104. The lowest BCUT2D eigenvalue weighted by Gasteiger charge is -2.21. The Balaban J connectivity index is 3.02. The first-order chi connectivity index (χ1) is 10.3. The average Bonchev–Trinajstić information content (AvgIpc) is 2.50. The van der Waals surface area contributed by atoms with Gasteiger partial charge in [-0.25, -0.2) is 4.79 Å². The molecule has 0 aliphatic rings. The maximum atomic E-state index is 12.2. The lowest BCUT2D eigenvalue weighted by molar-refractivity contribution is -0.385. The molecule has 0 aromatic heterocycles. The molecule has 0 aliphatic carbocycles. The van der Waals surface area contributed by atoms with Crippen molar-refractivity contribution in [2.24, 2.45) is 5.92 Å². The van der Waals surface area contributed by atoms with Crippen molar-refractivity contribution in [3.8, 4) is 0 Å². The van der Waals surface area contributed by atoms with Gasteiger partial charge in [0.1, 0.15) is 6.04 Å². The van der Waals surface area contributed by atoms with Gasteiger partial charge in [0.25, 0.3) is 11.6 Å². The first kappa shape index (κ1) is 18.1. The Bertz CT molecular complexity index is 591. The predicted molar refractivity (Wildman–Crippen MR) is 83.5 cm³/mol. The van der Waals surface area contributed by atoms with E-state index >= 15 is 0 Å². The van der Waals surface area contributed by atoms with Gasteiger partial charge in [0.2, 0.25) is 0 Å². The van der Waals surface area contributed by atoms with Gasteiger partial charge >= 0.3 is 5.97 Å². The van der Waals surface area contributed by atoms with Crippen LogP contribution in [0.1, 0.15) is 30.6 Å². The van der Waals surface area contributed by atoms with Crippen molar-refractivity contribution in [2.45, 2.75) is 26.3 Å². The van der Waals surface area contributed by atoms with E-state index in [-0.39, 0.29) is 21.6 Å². The van der Waals surface area contributed by atoms with E-state index in [0.29, 0.717) is 6.42 Å². The summed E-state index contributed by atoms with van der Waals surface area (Å²) < 4.78 is 4.96. The van der Waals surface area contributed by atoms with Gasteiger partial charge < -0.3 is 10.1 Å². The summed E-state index contributed by atoms with van der Waals surface area (Å²) in [7, 11) is 1.24. The fraction of sp³-hybridized carbons (Fsp3) is 0.429. The third-order valence-corrected chi connectivity index (χ3v) is 4.03. The summed E-state index contributed by atoms with van der Waals surface area (Å²) in [5.74, 6) is -1.23. The number of nitro groups is 1. The highest BCUT2D eigenvalue weighted by molar-refractivity contribution is 9.10. The summed E-state index contributed by atoms with van der Waals surface area (Å²) in [6, 6.07) is 3.22. The summed E-state index contributed by atoms with van der Waals surface area (Å²) in [6.07, 6.45) is 0.667. The number of esters is 1. The highest BCUT2D eigenvalue weighted by atomic mass is 79.9. The molecular weight excluding hydrogens is 356 g/mol. The molecule has 1 aromatic rings. The lowest BCUT2D eigenvalue weighted by atomic mass is 9.99. The van der Waals surface area contributed by atoms with E-state index in [4.69, 9.17) is 0 Å². The number of nitrogens with zero attached hydrogens (tertiary/aromatic N) is 1. The molecule has 0 spiro atoms. The number of nitro benzene ring substituents is 1. The SMILES string of the molecule is CCC(C)C(NC(=O)c1ccc(Br)c([N+](=O)[O-])c1)C(=O)OC. The second kappa shape index (κ2) is 7.88. The van der Waals surface area contributed by atoms with Gasteiger partial charge in [0, 0.05) is 11.6 Å². The molecule has 0 heterocycles. The molecular formula is C14H17BrN2O5. The number of ether oxygens (including phenoxy) is 1. The molecule has 8 heteroatoms. The molecule has 0 saturated heterocycles. The zero-order chi connectivity index (χ0) is 16.9. The molecule has 1 rings (SSSR count). The summed E-state index contributed by atoms with van der Waals surface area (Å²) in [5, 5.41) is 13.5. The van der Waals surface area contributed by atoms with Crippen LogP contribution in [0.15, 0.2) is 22.7 Å². The molecule has 22 heavy (non-hydrogen) atoms. The van der Waals surface area contributed by atoms with Crippen LogP contribution in [0.4, 0.5) is 5.69 Å². The monoisotopic (exact) mass is 372 g/mol. The van der Waals surface area contributed by atoms with Crippen molar-refractivity contribution >= 4 is 33.5 Å². The number of rotatable bonds is 6. The van der Waals surface area contributed by atoms with Gasteiger partial charge in [0.15, 0.2) is 0 Å². The van der Waals surface area contributed by atoms with E-state index in [1.807, 2.05) is 13.8 Å². The van der Waals surface area contributed by atoms with Crippen molar-refractivity contribution in [3.63, 3.8) is 0 Å². The molecule has 2 atom stereocenters. The first-order valence-electron chi connectivity index (χ1n) is 6.64. The third-order valence-electron chi connectivity index (χ3n) is 3.36. The molecule has 0 fully saturated rings. The summed E-state index contributed by atoms with van der Waals surface area (Å²) >= 11 is 3.05. The Morgan fingerprint density at radius 1 is 1.45 bits per heavy atom. The van der Waals surface area contributed by atoms with Crippen LogP contribution in [0.5, 0.6) is 0 Å². The van der Waals surface area contributed by atoms with E-state index in [1.165, 1.54) is 19.2 Å². The van der Waals surface area contributed by atoms with E-state index in [2.05, 4.69) is 26.0 Å². The standard InChI is InChI=1S/C14H17BrN2O5/c1-4-8(2)12(14(19)22-3)16-13(18)9-5-6-10(15)11(7-9)17(20)21/h5-8,12H,4H2,1-3H3,(H,16,18). The normalized spacial score (nSPS) is 13.1. The summed E-state index contributed by atoms with van der Waals surface area (Å²) in [6.45, 7) is 3.70. The van der Waals surface area contributed by atoms with Gasteiger partial charge in [-0.2, -0.15) is 0 Å². The van der Waals surface area contributed by atoms with Gasteiger partial charge in [-0.3, -0.25) is 14.9 Å². The Labute approximate surface area is 136 Å². The Morgan fingerprint density at radius 3 is 2.59 bits per heavy atom. The number of carbonyl (C=O) groups excluding carboxylic acids is 2. The molecule has 120 valence electrons. The van der Waals surface area contributed by atoms with Crippen molar-refractivity contribution in [1.82, 2.24) is 5.32 Å². The van der Waals surface area contributed by atoms with Crippen LogP contribution in [-0.4, -0.2) is 30.0 Å². The van der Waals surface area contributed by atoms with Gasteiger partial charge in [-0.1, -0.05) is 20.3 Å². The topological polar surface area (TPSA) is 98.5 Å². The molecule has 0 bridgehead atoms. The van der Waals surface area contributed by atoms with Crippen LogP contribution in [0, 0.1) is 16.0 Å². The van der Waals surface area contributed by atoms with Crippen molar-refractivity contribution in [3.05, 3.63) is 38.3 Å². The molecule has 0 aliphatic heterocycles. The number of carbonyl (C=O) groups is 2. The highest BCUT2D eigenvalue weighted by Crippen LogP contribution is 2.25. The van der Waals surface area contributed by atoms with Crippen LogP contribution in [0.2, 0.25) is 0 Å². The molecule has 1 N–H and O–H groups in total. The van der Waals surface area contributed by atoms with Crippen molar-refractivity contribution < 1.29 is 19.2 Å². The second-order valence-corrected chi connectivity index (χ2v) is 5.64. The van der Waals surface area contributed by atoms with Crippen LogP contribution < -0.4 is 5.32 Å². The highest BCUT2D eigenvalue weighted by Gasteiger charge is 2.27. The molecule has 1 aromatic carbocycles. The van der Waals surface area contributed by atoms with E-state index in [1.54, 1.807) is 0 Å². The number of benzene rings is 1. The van der Waals surface area contributed by atoms with Crippen LogP contribution in [0.25, 0.3) is 0 Å². The van der Waals surface area contributed by atoms with Gasteiger partial charge in [-0.15, -0.1) is 0 Å². The number of methoxy groups -OCH3 is 1. The second-order valence-electron chi connectivity index (χ2n) is 4.78. The van der Waals surface area contributed by atoms with Crippen molar-refractivity contribution in [1.29, 1.82) is 0 Å². The van der Waals surface area contributed by atoms with Crippen LogP contribution >= 0.6 is 15.9 Å². The molecule has 7 nitrogen and oxygen atoms in total. The third kappa shape index (κ3) is 4.27.